The minimum Gasteiger partial charge on any atom is -0.354 e. The van der Waals surface area contributed by atoms with Gasteiger partial charge in [-0.25, -0.2) is 15.0 Å². The summed E-state index contributed by atoms with van der Waals surface area (Å²) in [4.78, 5) is 22.1. The summed E-state index contributed by atoms with van der Waals surface area (Å²) >= 11 is 6.17. The third-order valence-electron chi connectivity index (χ3n) is 4.79. The van der Waals surface area contributed by atoms with Gasteiger partial charge in [0.15, 0.2) is 0 Å². The van der Waals surface area contributed by atoms with Crippen LogP contribution in [-0.2, 0) is 0 Å². The first kappa shape index (κ1) is 13.9. The number of aromatic nitrogens is 4. The lowest BCUT2D eigenvalue weighted by Gasteiger charge is -2.60. The highest BCUT2D eigenvalue weighted by atomic mass is 35.5. The molecule has 0 saturated carbocycles. The molecule has 5 rings (SSSR count). The monoisotopic (exact) mass is 338 g/mol. The van der Waals surface area contributed by atoms with Crippen molar-refractivity contribution >= 4 is 34.3 Å². The summed E-state index contributed by atoms with van der Waals surface area (Å²) in [7, 11) is 0. The first-order valence-corrected chi connectivity index (χ1v) is 8.29. The van der Waals surface area contributed by atoms with Crippen LogP contribution in [0.5, 0.6) is 0 Å². The summed E-state index contributed by atoms with van der Waals surface area (Å²) in [6.45, 7) is 3.94. The van der Waals surface area contributed by atoms with Crippen LogP contribution in [0, 0.1) is 5.41 Å². The molecule has 2 saturated heterocycles. The Balaban J connectivity index is 1.35. The zero-order valence-corrected chi connectivity index (χ0v) is 13.7. The smallest absolute Gasteiger partial charge is 0.225 e. The van der Waals surface area contributed by atoms with Gasteiger partial charge >= 0.3 is 0 Å². The lowest BCUT2D eigenvalue weighted by Crippen LogP contribution is -2.73. The van der Waals surface area contributed by atoms with E-state index in [2.05, 4.69) is 35.8 Å². The molecular weight excluding hydrogens is 324 g/mol. The Morgan fingerprint density at radius 3 is 2.42 bits per heavy atom. The Hall–Kier alpha value is -2.47. The van der Waals surface area contributed by atoms with Gasteiger partial charge in [-0.2, -0.15) is 0 Å². The standard InChI is InChI=1S/C17H15ClN6/c18-14-7-13-12(3-1-4-19-13)15(22-14)23-8-17(9-23)10-24(11-17)16-20-5-2-6-21-16/h1-7H,8-11H2. The Morgan fingerprint density at radius 1 is 0.917 bits per heavy atom. The molecule has 0 bridgehead atoms. The van der Waals surface area contributed by atoms with Crippen molar-refractivity contribution < 1.29 is 0 Å². The van der Waals surface area contributed by atoms with E-state index < -0.39 is 0 Å². The van der Waals surface area contributed by atoms with E-state index in [0.29, 0.717) is 10.6 Å². The molecule has 2 aliphatic rings. The van der Waals surface area contributed by atoms with Gasteiger partial charge in [0.25, 0.3) is 0 Å². The first-order valence-electron chi connectivity index (χ1n) is 7.91. The second-order valence-corrected chi connectivity index (χ2v) is 6.99. The maximum Gasteiger partial charge on any atom is 0.225 e. The van der Waals surface area contributed by atoms with Gasteiger partial charge in [0.2, 0.25) is 5.95 Å². The lowest BCUT2D eigenvalue weighted by molar-refractivity contribution is 0.154. The second kappa shape index (κ2) is 5.01. The van der Waals surface area contributed by atoms with E-state index in [1.165, 1.54) is 0 Å². The number of hydrogen-bond donors (Lipinski definition) is 0. The molecule has 1 spiro atoms. The van der Waals surface area contributed by atoms with E-state index in [1.807, 2.05) is 18.2 Å². The van der Waals surface area contributed by atoms with Crippen LogP contribution in [0.15, 0.2) is 42.9 Å². The number of pyridine rings is 2. The number of fused-ring (bicyclic) bond motifs is 1. The summed E-state index contributed by atoms with van der Waals surface area (Å²) in [5, 5.41) is 1.55. The summed E-state index contributed by atoms with van der Waals surface area (Å²) in [6.07, 6.45) is 5.36. The van der Waals surface area contributed by atoms with Crippen LogP contribution < -0.4 is 9.80 Å². The molecule has 120 valence electrons. The van der Waals surface area contributed by atoms with Crippen LogP contribution in [0.25, 0.3) is 10.9 Å². The van der Waals surface area contributed by atoms with Crippen molar-refractivity contribution in [2.24, 2.45) is 5.41 Å². The Labute approximate surface area is 144 Å². The van der Waals surface area contributed by atoms with Crippen molar-refractivity contribution in [1.82, 2.24) is 19.9 Å². The van der Waals surface area contributed by atoms with Crippen LogP contribution in [0.4, 0.5) is 11.8 Å². The van der Waals surface area contributed by atoms with Gasteiger partial charge in [-0.15, -0.1) is 0 Å². The number of rotatable bonds is 2. The fourth-order valence-electron chi connectivity index (χ4n) is 3.74. The number of halogens is 1. The zero-order chi connectivity index (χ0) is 16.1. The Bertz CT molecular complexity index is 901. The SMILES string of the molecule is Clc1cc2ncccc2c(N2CC3(CN(c4ncccn4)C3)C2)n1. The number of nitrogens with zero attached hydrogens (tertiary/aromatic N) is 6. The highest BCUT2D eigenvalue weighted by molar-refractivity contribution is 6.30. The molecule has 0 atom stereocenters. The van der Waals surface area contributed by atoms with Gasteiger partial charge in [0.05, 0.1) is 5.52 Å². The maximum atomic E-state index is 6.17. The molecule has 0 aromatic carbocycles. The Kier molecular flexibility index (Phi) is 2.91. The van der Waals surface area contributed by atoms with Gasteiger partial charge in [0.1, 0.15) is 11.0 Å². The van der Waals surface area contributed by atoms with Crippen LogP contribution >= 0.6 is 11.6 Å². The van der Waals surface area contributed by atoms with Gasteiger partial charge < -0.3 is 9.80 Å². The van der Waals surface area contributed by atoms with Crippen molar-refractivity contribution in [2.75, 3.05) is 36.0 Å². The molecule has 6 nitrogen and oxygen atoms in total. The average Bonchev–Trinajstić information content (AvgIpc) is 2.53. The average molecular weight is 339 g/mol. The molecule has 3 aromatic rings. The van der Waals surface area contributed by atoms with Gasteiger partial charge in [-0.1, -0.05) is 11.6 Å². The largest absolute Gasteiger partial charge is 0.354 e. The molecule has 2 aliphatic heterocycles. The molecule has 0 unspecified atom stereocenters. The third kappa shape index (κ3) is 2.10. The van der Waals surface area contributed by atoms with Crippen molar-refractivity contribution in [3.8, 4) is 0 Å². The number of hydrogen-bond acceptors (Lipinski definition) is 6. The van der Waals surface area contributed by atoms with Crippen molar-refractivity contribution in [3.05, 3.63) is 48.0 Å². The molecule has 2 fully saturated rings. The summed E-state index contributed by atoms with van der Waals surface area (Å²) < 4.78 is 0. The van der Waals surface area contributed by atoms with Gasteiger partial charge in [-0.3, -0.25) is 4.98 Å². The second-order valence-electron chi connectivity index (χ2n) is 6.60. The van der Waals surface area contributed by atoms with Crippen molar-refractivity contribution in [2.45, 2.75) is 0 Å². The van der Waals surface area contributed by atoms with Crippen LogP contribution in [0.1, 0.15) is 0 Å². The summed E-state index contributed by atoms with van der Waals surface area (Å²) in [6, 6.07) is 7.65. The predicted octanol–water partition coefficient (Wildman–Crippen LogP) is 2.40. The van der Waals surface area contributed by atoms with E-state index in [9.17, 15) is 0 Å². The molecule has 0 amide bonds. The van der Waals surface area contributed by atoms with Crippen LogP contribution in [0.2, 0.25) is 5.15 Å². The van der Waals surface area contributed by atoms with Crippen LogP contribution in [-0.4, -0.2) is 46.1 Å². The normalized spacial score (nSPS) is 18.5. The van der Waals surface area contributed by atoms with E-state index in [1.54, 1.807) is 18.6 Å². The maximum absolute atomic E-state index is 6.17. The van der Waals surface area contributed by atoms with E-state index in [0.717, 1.165) is 48.8 Å². The number of anilines is 2. The minimum absolute atomic E-state index is 0.317. The highest BCUT2D eigenvalue weighted by Crippen LogP contribution is 2.43. The molecule has 24 heavy (non-hydrogen) atoms. The van der Waals surface area contributed by atoms with Crippen molar-refractivity contribution in [3.63, 3.8) is 0 Å². The molecule has 0 aliphatic carbocycles. The quantitative estimate of drug-likeness (QED) is 0.669. The fraction of sp³-hybridized carbons (Fsp3) is 0.294. The molecular formula is C17H15ClN6. The van der Waals surface area contributed by atoms with Gasteiger partial charge in [-0.05, 0) is 18.2 Å². The summed E-state index contributed by atoms with van der Waals surface area (Å²) in [5.41, 5.74) is 1.21. The summed E-state index contributed by atoms with van der Waals surface area (Å²) in [5.74, 6) is 1.75. The third-order valence-corrected chi connectivity index (χ3v) is 4.98. The van der Waals surface area contributed by atoms with Crippen molar-refractivity contribution in [1.29, 1.82) is 0 Å². The van der Waals surface area contributed by atoms with E-state index in [-0.39, 0.29) is 0 Å². The molecule has 3 aromatic heterocycles. The van der Waals surface area contributed by atoms with E-state index >= 15 is 0 Å². The fourth-order valence-corrected chi connectivity index (χ4v) is 3.93. The Morgan fingerprint density at radius 2 is 1.62 bits per heavy atom. The highest BCUT2D eigenvalue weighted by Gasteiger charge is 2.53. The first-order chi connectivity index (χ1) is 11.7. The van der Waals surface area contributed by atoms with Crippen LogP contribution in [0.3, 0.4) is 0 Å². The molecule has 7 heteroatoms. The molecule has 0 radical (unpaired) electrons. The lowest BCUT2D eigenvalue weighted by atomic mass is 9.73. The molecule has 5 heterocycles. The van der Waals surface area contributed by atoms with E-state index in [4.69, 9.17) is 11.6 Å². The minimum atomic E-state index is 0.317. The molecule has 0 N–H and O–H groups in total. The zero-order valence-electron chi connectivity index (χ0n) is 12.9. The topological polar surface area (TPSA) is 58.0 Å². The van der Waals surface area contributed by atoms with Gasteiger partial charge in [0, 0.05) is 61.6 Å². The predicted molar refractivity (Wildman–Crippen MR) is 93.4 cm³/mol.